The van der Waals surface area contributed by atoms with Gasteiger partial charge in [-0.1, -0.05) is 46.3 Å². The summed E-state index contributed by atoms with van der Waals surface area (Å²) in [5.41, 5.74) is 1.91. The number of hydrogen-bond donors (Lipinski definition) is 1. The van der Waals surface area contributed by atoms with Gasteiger partial charge >= 0.3 is 5.97 Å². The number of rotatable bonds is 4. The van der Waals surface area contributed by atoms with Crippen LogP contribution >= 0.6 is 15.9 Å². The number of halogens is 1. The molecule has 2 atom stereocenters. The van der Waals surface area contributed by atoms with Crippen molar-refractivity contribution in [3.63, 3.8) is 0 Å². The second-order valence-corrected chi connectivity index (χ2v) is 6.82. The Morgan fingerprint density at radius 1 is 1.13 bits per heavy atom. The van der Waals surface area contributed by atoms with Gasteiger partial charge in [0, 0.05) is 16.9 Å². The first-order valence-electron chi connectivity index (χ1n) is 7.94. The predicted octanol–water partition coefficient (Wildman–Crippen LogP) is 3.97. The molecule has 23 heavy (non-hydrogen) atoms. The smallest absolute Gasteiger partial charge is 0.338 e. The molecule has 2 unspecified atom stereocenters. The molecule has 1 fully saturated rings. The third-order valence-corrected chi connectivity index (χ3v) is 4.65. The van der Waals surface area contributed by atoms with Crippen molar-refractivity contribution in [3.05, 3.63) is 70.2 Å². The standard InChI is InChI=1S/C19H20BrNO2/c20-16-8-6-15(7-9-16)19(22)23-18-10-11-21-17(13-18)12-14-4-2-1-3-5-14/h1-9,17-18,21H,10-13H2. The molecule has 120 valence electrons. The van der Waals surface area contributed by atoms with E-state index in [9.17, 15) is 4.79 Å². The number of ether oxygens (including phenoxy) is 1. The molecule has 0 aromatic heterocycles. The van der Waals surface area contributed by atoms with Crippen LogP contribution in [0.1, 0.15) is 28.8 Å². The van der Waals surface area contributed by atoms with Crippen LogP contribution in [0, 0.1) is 0 Å². The second-order valence-electron chi connectivity index (χ2n) is 5.90. The highest BCUT2D eigenvalue weighted by atomic mass is 79.9. The van der Waals surface area contributed by atoms with Gasteiger partial charge in [-0.2, -0.15) is 0 Å². The Kier molecular flexibility index (Phi) is 5.47. The van der Waals surface area contributed by atoms with Crippen molar-refractivity contribution in [2.24, 2.45) is 0 Å². The van der Waals surface area contributed by atoms with Gasteiger partial charge in [-0.25, -0.2) is 4.79 Å². The molecule has 2 aromatic rings. The Morgan fingerprint density at radius 2 is 1.87 bits per heavy atom. The lowest BCUT2D eigenvalue weighted by Crippen LogP contribution is -2.43. The van der Waals surface area contributed by atoms with Crippen molar-refractivity contribution in [2.45, 2.75) is 31.4 Å². The van der Waals surface area contributed by atoms with Gasteiger partial charge in [0.2, 0.25) is 0 Å². The quantitative estimate of drug-likeness (QED) is 0.824. The molecule has 0 aliphatic carbocycles. The van der Waals surface area contributed by atoms with E-state index >= 15 is 0 Å². The van der Waals surface area contributed by atoms with Crippen molar-refractivity contribution in [1.82, 2.24) is 5.32 Å². The highest BCUT2D eigenvalue weighted by Crippen LogP contribution is 2.18. The normalized spacial score (nSPS) is 20.9. The fourth-order valence-corrected chi connectivity index (χ4v) is 3.20. The molecule has 0 bridgehead atoms. The average Bonchev–Trinajstić information content (AvgIpc) is 2.57. The van der Waals surface area contributed by atoms with Gasteiger partial charge < -0.3 is 10.1 Å². The lowest BCUT2D eigenvalue weighted by atomic mass is 9.96. The van der Waals surface area contributed by atoms with E-state index in [4.69, 9.17) is 4.74 Å². The van der Waals surface area contributed by atoms with Gasteiger partial charge in [0.25, 0.3) is 0 Å². The highest BCUT2D eigenvalue weighted by molar-refractivity contribution is 9.10. The van der Waals surface area contributed by atoms with Gasteiger partial charge in [0.1, 0.15) is 6.10 Å². The van der Waals surface area contributed by atoms with E-state index < -0.39 is 0 Å². The number of carbonyl (C=O) groups is 1. The van der Waals surface area contributed by atoms with Crippen molar-refractivity contribution in [3.8, 4) is 0 Å². The molecule has 0 radical (unpaired) electrons. The van der Waals surface area contributed by atoms with E-state index in [0.717, 1.165) is 30.3 Å². The van der Waals surface area contributed by atoms with E-state index in [1.807, 2.05) is 18.2 Å². The third kappa shape index (κ3) is 4.66. The minimum absolute atomic E-state index is 0.0129. The van der Waals surface area contributed by atoms with E-state index in [1.165, 1.54) is 5.56 Å². The Bertz CT molecular complexity index is 642. The van der Waals surface area contributed by atoms with Crippen LogP contribution < -0.4 is 5.32 Å². The molecule has 1 saturated heterocycles. The molecule has 3 rings (SSSR count). The van der Waals surface area contributed by atoms with Crippen LogP contribution in [0.3, 0.4) is 0 Å². The predicted molar refractivity (Wildman–Crippen MR) is 94.5 cm³/mol. The molecule has 1 aliphatic rings. The maximum absolute atomic E-state index is 12.2. The van der Waals surface area contributed by atoms with Gasteiger partial charge in [-0.05, 0) is 49.2 Å². The summed E-state index contributed by atoms with van der Waals surface area (Å²) >= 11 is 3.37. The Hall–Kier alpha value is -1.65. The SMILES string of the molecule is O=C(OC1CCNC(Cc2ccccc2)C1)c1ccc(Br)cc1. The molecule has 2 aromatic carbocycles. The summed E-state index contributed by atoms with van der Waals surface area (Å²) in [7, 11) is 0. The largest absolute Gasteiger partial charge is 0.459 e. The first-order chi connectivity index (χ1) is 11.2. The fraction of sp³-hybridized carbons (Fsp3) is 0.316. The molecule has 0 spiro atoms. The Morgan fingerprint density at radius 3 is 2.61 bits per heavy atom. The van der Waals surface area contributed by atoms with Crippen LogP contribution in [0.5, 0.6) is 0 Å². The molecular formula is C19H20BrNO2. The van der Waals surface area contributed by atoms with Crippen molar-refractivity contribution < 1.29 is 9.53 Å². The average molecular weight is 374 g/mol. The molecule has 1 aliphatic heterocycles. The van der Waals surface area contributed by atoms with Crippen molar-refractivity contribution in [1.29, 1.82) is 0 Å². The molecule has 4 heteroatoms. The summed E-state index contributed by atoms with van der Waals surface area (Å²) in [6.07, 6.45) is 2.68. The number of piperidine rings is 1. The van der Waals surface area contributed by atoms with Crippen LogP contribution in [0.25, 0.3) is 0 Å². The van der Waals surface area contributed by atoms with Gasteiger partial charge in [0.15, 0.2) is 0 Å². The lowest BCUT2D eigenvalue weighted by molar-refractivity contribution is 0.0185. The molecule has 0 saturated carbocycles. The molecule has 1 heterocycles. The summed E-state index contributed by atoms with van der Waals surface area (Å²) in [4.78, 5) is 12.2. The number of nitrogens with one attached hydrogen (secondary N) is 1. The summed E-state index contributed by atoms with van der Waals surface area (Å²) in [6, 6.07) is 18.1. The summed E-state index contributed by atoms with van der Waals surface area (Å²) in [6.45, 7) is 0.885. The Balaban J connectivity index is 1.56. The first-order valence-corrected chi connectivity index (χ1v) is 8.74. The minimum atomic E-state index is -0.233. The molecule has 1 N–H and O–H groups in total. The van der Waals surface area contributed by atoms with E-state index in [2.05, 4.69) is 45.5 Å². The van der Waals surface area contributed by atoms with Crippen LogP contribution in [-0.4, -0.2) is 24.7 Å². The van der Waals surface area contributed by atoms with Crippen LogP contribution in [-0.2, 0) is 11.2 Å². The van der Waals surface area contributed by atoms with E-state index in [0.29, 0.717) is 11.6 Å². The topological polar surface area (TPSA) is 38.3 Å². The maximum Gasteiger partial charge on any atom is 0.338 e. The van der Waals surface area contributed by atoms with Gasteiger partial charge in [-0.15, -0.1) is 0 Å². The molecule has 0 amide bonds. The number of carbonyl (C=O) groups excluding carboxylic acids is 1. The molecular weight excluding hydrogens is 354 g/mol. The van der Waals surface area contributed by atoms with Gasteiger partial charge in [-0.3, -0.25) is 0 Å². The zero-order chi connectivity index (χ0) is 16.1. The summed E-state index contributed by atoms with van der Waals surface area (Å²) < 4.78 is 6.65. The highest BCUT2D eigenvalue weighted by Gasteiger charge is 2.25. The Labute approximate surface area is 145 Å². The van der Waals surface area contributed by atoms with E-state index in [-0.39, 0.29) is 12.1 Å². The van der Waals surface area contributed by atoms with Gasteiger partial charge in [0.05, 0.1) is 5.56 Å². The summed E-state index contributed by atoms with van der Waals surface area (Å²) in [5.74, 6) is -0.233. The molecule has 3 nitrogen and oxygen atoms in total. The fourth-order valence-electron chi connectivity index (χ4n) is 2.93. The second kappa shape index (κ2) is 7.75. The number of hydrogen-bond acceptors (Lipinski definition) is 3. The summed E-state index contributed by atoms with van der Waals surface area (Å²) in [5, 5.41) is 3.52. The maximum atomic E-state index is 12.2. The zero-order valence-electron chi connectivity index (χ0n) is 12.9. The van der Waals surface area contributed by atoms with Crippen molar-refractivity contribution in [2.75, 3.05) is 6.54 Å². The monoisotopic (exact) mass is 373 g/mol. The first kappa shape index (κ1) is 16.2. The van der Waals surface area contributed by atoms with Crippen molar-refractivity contribution >= 4 is 21.9 Å². The third-order valence-electron chi connectivity index (χ3n) is 4.13. The van der Waals surface area contributed by atoms with Crippen LogP contribution in [0.4, 0.5) is 0 Å². The lowest BCUT2D eigenvalue weighted by Gasteiger charge is -2.30. The van der Waals surface area contributed by atoms with Crippen LogP contribution in [0.15, 0.2) is 59.1 Å². The zero-order valence-corrected chi connectivity index (χ0v) is 14.5. The number of benzene rings is 2. The minimum Gasteiger partial charge on any atom is -0.459 e. The number of esters is 1. The van der Waals surface area contributed by atoms with E-state index in [1.54, 1.807) is 12.1 Å². The van der Waals surface area contributed by atoms with Crippen LogP contribution in [0.2, 0.25) is 0 Å².